The Labute approximate surface area is 101 Å². The molecular formula is C15H16NO+. The molecule has 0 radical (unpaired) electrons. The van der Waals surface area contributed by atoms with E-state index in [0.29, 0.717) is 0 Å². The van der Waals surface area contributed by atoms with Crippen LogP contribution in [-0.2, 0) is 0 Å². The van der Waals surface area contributed by atoms with E-state index in [2.05, 4.69) is 30.5 Å². The first-order chi connectivity index (χ1) is 8.29. The van der Waals surface area contributed by atoms with Crippen LogP contribution in [0.5, 0.6) is 0 Å². The number of benzene rings is 1. The Hall–Kier alpha value is -2.09. The maximum absolute atomic E-state index is 5.18. The van der Waals surface area contributed by atoms with Crippen molar-refractivity contribution in [1.82, 2.24) is 0 Å². The van der Waals surface area contributed by atoms with Crippen molar-refractivity contribution in [2.24, 2.45) is 0 Å². The average Bonchev–Trinajstić information content (AvgIpc) is 2.43. The second kappa shape index (κ2) is 5.30. The van der Waals surface area contributed by atoms with E-state index in [-0.39, 0.29) is 0 Å². The van der Waals surface area contributed by atoms with Gasteiger partial charge in [-0.25, -0.2) is 0 Å². The van der Waals surface area contributed by atoms with Crippen LogP contribution < -0.4 is 4.57 Å². The van der Waals surface area contributed by atoms with E-state index >= 15 is 0 Å². The normalized spacial score (nSPS) is 9.76. The van der Waals surface area contributed by atoms with Crippen LogP contribution in [0.1, 0.15) is 11.3 Å². The highest BCUT2D eigenvalue weighted by Crippen LogP contribution is 2.06. The second-order valence-corrected chi connectivity index (χ2v) is 3.91. The lowest BCUT2D eigenvalue weighted by Crippen LogP contribution is -2.33. The zero-order valence-corrected chi connectivity index (χ0v) is 10.1. The Bertz CT molecular complexity index is 556. The molecule has 2 rings (SSSR count). The molecule has 86 valence electrons. The molecule has 0 aliphatic carbocycles. The molecule has 0 bridgehead atoms. The third-order valence-electron chi connectivity index (χ3n) is 2.65. The van der Waals surface area contributed by atoms with Crippen molar-refractivity contribution in [2.45, 2.75) is 13.8 Å². The minimum atomic E-state index is 1.11. The number of nitrogens with zero attached hydrogens (tertiary/aromatic N) is 1. The van der Waals surface area contributed by atoms with E-state index in [1.165, 1.54) is 11.3 Å². The lowest BCUT2D eigenvalue weighted by molar-refractivity contribution is -0.602. The summed E-state index contributed by atoms with van der Waals surface area (Å²) in [7, 11) is 0. The Balaban J connectivity index is 2.69. The molecule has 0 saturated heterocycles. The summed E-state index contributed by atoms with van der Waals surface area (Å²) in [5.74, 6) is 0. The van der Waals surface area contributed by atoms with Gasteiger partial charge in [0.15, 0.2) is 11.9 Å². The van der Waals surface area contributed by atoms with Gasteiger partial charge in [0.2, 0.25) is 5.69 Å². The molecule has 2 heteroatoms. The van der Waals surface area contributed by atoms with Crippen LogP contribution >= 0.6 is 0 Å². The van der Waals surface area contributed by atoms with Crippen LogP contribution in [0.25, 0.3) is 5.69 Å². The largest absolute Gasteiger partial charge is 0.472 e. The fourth-order valence-electron chi connectivity index (χ4n) is 1.71. The molecule has 0 unspecified atom stereocenters. The van der Waals surface area contributed by atoms with Crippen LogP contribution in [0, 0.1) is 13.8 Å². The number of hydrogen-bond donors (Lipinski definition) is 0. The zero-order valence-electron chi connectivity index (χ0n) is 10.1. The van der Waals surface area contributed by atoms with Gasteiger partial charge < -0.3 is 4.42 Å². The lowest BCUT2D eigenvalue weighted by Gasteiger charge is -1.99. The number of hydrogen-bond acceptors (Lipinski definition) is 1. The average molecular weight is 226 g/mol. The van der Waals surface area contributed by atoms with Crippen molar-refractivity contribution in [3.05, 3.63) is 72.4 Å². The molecule has 0 saturated carbocycles. The van der Waals surface area contributed by atoms with Crippen molar-refractivity contribution in [3.8, 4) is 5.69 Å². The Morgan fingerprint density at radius 2 is 1.71 bits per heavy atom. The number of aromatic nitrogens is 1. The monoisotopic (exact) mass is 226 g/mol. The number of aryl methyl sites for hydroxylation is 2. The first-order valence-electron chi connectivity index (χ1n) is 5.63. The van der Waals surface area contributed by atoms with Crippen molar-refractivity contribution in [2.75, 3.05) is 0 Å². The Morgan fingerprint density at radius 1 is 0.882 bits per heavy atom. The maximum atomic E-state index is 5.18. The first kappa shape index (κ1) is 11.4. The van der Waals surface area contributed by atoms with Gasteiger partial charge >= 0.3 is 0 Å². The van der Waals surface area contributed by atoms with E-state index < -0.39 is 0 Å². The summed E-state index contributed by atoms with van der Waals surface area (Å²) < 4.78 is 7.32. The molecule has 17 heavy (non-hydrogen) atoms. The predicted molar refractivity (Wildman–Crippen MR) is 67.3 cm³/mol. The van der Waals surface area contributed by atoms with Crippen molar-refractivity contribution in [1.29, 1.82) is 0 Å². The van der Waals surface area contributed by atoms with E-state index in [9.17, 15) is 0 Å². The van der Waals surface area contributed by atoms with Crippen LogP contribution in [-0.4, -0.2) is 0 Å². The molecule has 2 nitrogen and oxygen atoms in total. The van der Waals surface area contributed by atoms with Gasteiger partial charge in [0.25, 0.3) is 0 Å². The molecule has 1 aromatic heterocycles. The summed E-state index contributed by atoms with van der Waals surface area (Å²) in [6.07, 6.45) is 5.37. The predicted octanol–water partition coefficient (Wildman–Crippen LogP) is 3.30. The van der Waals surface area contributed by atoms with Crippen LogP contribution in [0.2, 0.25) is 0 Å². The van der Waals surface area contributed by atoms with Crippen LogP contribution in [0.3, 0.4) is 0 Å². The molecular weight excluding hydrogens is 210 g/mol. The van der Waals surface area contributed by atoms with Gasteiger partial charge in [0, 0.05) is 30.7 Å². The van der Waals surface area contributed by atoms with Crippen LogP contribution in [0.4, 0.5) is 0 Å². The van der Waals surface area contributed by atoms with Crippen LogP contribution in [0.15, 0.2) is 65.6 Å². The second-order valence-electron chi connectivity index (χ2n) is 3.91. The highest BCUT2D eigenvalue weighted by Gasteiger charge is 2.09. The third-order valence-corrected chi connectivity index (χ3v) is 2.65. The number of rotatable bonds is 1. The van der Waals surface area contributed by atoms with Gasteiger partial charge in [-0.15, -0.1) is 0 Å². The van der Waals surface area contributed by atoms with Gasteiger partial charge in [-0.2, -0.15) is 4.57 Å². The van der Waals surface area contributed by atoms with Crippen molar-refractivity contribution >= 4 is 0 Å². The molecule has 0 N–H and O–H groups in total. The summed E-state index contributed by atoms with van der Waals surface area (Å²) >= 11 is 0. The van der Waals surface area contributed by atoms with E-state index in [1.807, 2.05) is 36.5 Å². The summed E-state index contributed by atoms with van der Waals surface area (Å²) in [5.41, 5.74) is 3.54. The summed E-state index contributed by atoms with van der Waals surface area (Å²) in [6.45, 7) is 4.17. The van der Waals surface area contributed by atoms with E-state index in [0.717, 1.165) is 5.69 Å². The van der Waals surface area contributed by atoms with E-state index in [4.69, 9.17) is 4.42 Å². The molecule has 0 spiro atoms. The smallest absolute Gasteiger partial charge is 0.213 e. The topological polar surface area (TPSA) is 17.0 Å². The van der Waals surface area contributed by atoms with Crippen molar-refractivity contribution < 1.29 is 8.98 Å². The Kier molecular flexibility index (Phi) is 3.55. The van der Waals surface area contributed by atoms with Gasteiger partial charge in [-0.3, -0.25) is 0 Å². The zero-order chi connectivity index (χ0) is 12.1. The quantitative estimate of drug-likeness (QED) is 0.682. The molecule has 0 amide bonds. The third kappa shape index (κ3) is 2.72. The van der Waals surface area contributed by atoms with Gasteiger partial charge in [-0.05, 0) is 13.0 Å². The minimum absolute atomic E-state index is 1.11. The van der Waals surface area contributed by atoms with Crippen molar-refractivity contribution in [3.63, 3.8) is 0 Å². The maximum Gasteiger partial charge on any atom is 0.213 e. The molecule has 0 fully saturated rings. The number of para-hydroxylation sites is 1. The first-order valence-corrected chi connectivity index (χ1v) is 5.63. The molecule has 1 heterocycles. The summed E-state index contributed by atoms with van der Waals surface area (Å²) in [6, 6.07) is 14.1. The molecule has 1 aromatic carbocycles. The van der Waals surface area contributed by atoms with Gasteiger partial charge in [0.1, 0.15) is 0 Å². The van der Waals surface area contributed by atoms with Gasteiger partial charge in [-0.1, -0.05) is 18.2 Å². The summed E-state index contributed by atoms with van der Waals surface area (Å²) in [4.78, 5) is 0. The molecule has 0 atom stereocenters. The van der Waals surface area contributed by atoms with Gasteiger partial charge in [0.05, 0.1) is 12.5 Å². The Morgan fingerprint density at radius 3 is 2.53 bits per heavy atom. The lowest BCUT2D eigenvalue weighted by atomic mass is 10.2. The highest BCUT2D eigenvalue weighted by molar-refractivity contribution is 5.32. The standard InChI is InChI=1S/C15H16NO/c1-13-7-3-4-8-15(13)16-10-5-6-11-17-12-9-14(16)2/h3-12H,1-2H3/q+1. The fourth-order valence-corrected chi connectivity index (χ4v) is 1.71. The summed E-state index contributed by atoms with van der Waals surface area (Å²) in [5, 5.41) is 0. The molecule has 0 aliphatic rings. The highest BCUT2D eigenvalue weighted by atomic mass is 16.3. The molecule has 2 aromatic rings. The SMILES string of the molecule is Cc1ccccc1-[n+]1ccccoccc1C. The van der Waals surface area contributed by atoms with E-state index in [1.54, 1.807) is 12.5 Å². The fraction of sp³-hybridized carbons (Fsp3) is 0.133. The minimum Gasteiger partial charge on any atom is -0.472 e. The molecule has 0 aliphatic heterocycles.